The van der Waals surface area contributed by atoms with Gasteiger partial charge in [-0.25, -0.2) is 13.2 Å². The fourth-order valence-electron chi connectivity index (χ4n) is 2.93. The molecule has 0 heterocycles. The van der Waals surface area contributed by atoms with E-state index in [0.717, 1.165) is 0 Å². The maximum Gasteiger partial charge on any atom is 0.310 e. The second kappa shape index (κ2) is 7.97. The number of hydrogen-bond acceptors (Lipinski definition) is 3. The zero-order valence-electron chi connectivity index (χ0n) is 14.1. The smallest absolute Gasteiger partial charge is 0.310 e. The Bertz CT molecular complexity index is 732. The second-order valence-electron chi connectivity index (χ2n) is 6.53. The highest BCUT2D eigenvalue weighted by atomic mass is 35.5. The third kappa shape index (κ3) is 3.98. The molecule has 2 rings (SSSR count). The number of halogens is 6. The van der Waals surface area contributed by atoms with Crippen molar-refractivity contribution < 1.29 is 27.4 Å². The number of carbonyl (C=O) groups is 1. The van der Waals surface area contributed by atoms with Gasteiger partial charge in [0.15, 0.2) is 17.5 Å². The Morgan fingerprint density at radius 3 is 2.23 bits per heavy atom. The van der Waals surface area contributed by atoms with Crippen molar-refractivity contribution in [1.29, 1.82) is 0 Å². The minimum absolute atomic E-state index is 0.0188. The summed E-state index contributed by atoms with van der Waals surface area (Å²) >= 11 is 17.0. The first kappa shape index (κ1) is 21.4. The summed E-state index contributed by atoms with van der Waals surface area (Å²) in [4.78, 5) is 12.2. The summed E-state index contributed by atoms with van der Waals surface area (Å²) in [7, 11) is 1.20. The lowest BCUT2D eigenvalue weighted by Crippen LogP contribution is -2.13. The van der Waals surface area contributed by atoms with E-state index in [-0.39, 0.29) is 10.4 Å². The molecule has 26 heavy (non-hydrogen) atoms. The van der Waals surface area contributed by atoms with Gasteiger partial charge < -0.3 is 9.47 Å². The van der Waals surface area contributed by atoms with Crippen LogP contribution in [-0.4, -0.2) is 13.1 Å². The van der Waals surface area contributed by atoms with Crippen molar-refractivity contribution in [3.8, 4) is 0 Å². The van der Waals surface area contributed by atoms with Crippen molar-refractivity contribution >= 4 is 40.8 Å². The van der Waals surface area contributed by atoms with Gasteiger partial charge in [0, 0.05) is 12.7 Å². The molecule has 2 atom stereocenters. The topological polar surface area (TPSA) is 35.5 Å². The lowest BCUT2D eigenvalue weighted by molar-refractivity contribution is -0.147. The van der Waals surface area contributed by atoms with E-state index in [2.05, 4.69) is 4.74 Å². The fourth-order valence-corrected chi connectivity index (χ4v) is 3.45. The fraction of sp³-hybridized carbons (Fsp3) is 0.471. The van der Waals surface area contributed by atoms with Crippen LogP contribution >= 0.6 is 34.8 Å². The van der Waals surface area contributed by atoms with E-state index < -0.39 is 64.1 Å². The lowest BCUT2D eigenvalue weighted by Gasteiger charge is -2.13. The van der Waals surface area contributed by atoms with Gasteiger partial charge >= 0.3 is 5.97 Å². The molecule has 0 saturated heterocycles. The van der Waals surface area contributed by atoms with Gasteiger partial charge in [-0.3, -0.25) is 4.79 Å². The maximum atomic E-state index is 14.2. The average molecular weight is 432 g/mol. The number of esters is 1. The van der Waals surface area contributed by atoms with Crippen LogP contribution in [0, 0.1) is 34.7 Å². The quantitative estimate of drug-likeness (QED) is 0.438. The third-order valence-electron chi connectivity index (χ3n) is 4.56. The Labute approximate surface area is 164 Å². The standard InChI is InChI=1S/C17H16Cl3F3O3/c1-17(2)9(4-10(18)19)11(17)16(24)26-6-7-12(20)13(21)8(5-25-3)15(23)14(7)22/h4,9,11H,5-6H2,1-3H3/t9-,11+/m1/s1. The molecule has 0 aromatic heterocycles. The predicted octanol–water partition coefficient (Wildman–Crippen LogP) is 5.54. The highest BCUT2D eigenvalue weighted by Crippen LogP contribution is 2.60. The largest absolute Gasteiger partial charge is 0.460 e. The molecule has 1 aromatic rings. The van der Waals surface area contributed by atoms with Crippen LogP contribution in [-0.2, 0) is 27.5 Å². The molecule has 3 nitrogen and oxygen atoms in total. The van der Waals surface area contributed by atoms with Gasteiger partial charge in [0.1, 0.15) is 11.1 Å². The van der Waals surface area contributed by atoms with Crippen LogP contribution in [0.5, 0.6) is 0 Å². The minimum Gasteiger partial charge on any atom is -0.460 e. The van der Waals surface area contributed by atoms with Gasteiger partial charge in [-0.1, -0.05) is 48.7 Å². The first-order valence-corrected chi connectivity index (χ1v) is 8.69. The first-order valence-electron chi connectivity index (χ1n) is 7.56. The second-order valence-corrected chi connectivity index (χ2v) is 7.92. The average Bonchev–Trinajstić information content (AvgIpc) is 3.09. The molecule has 1 fully saturated rings. The zero-order valence-corrected chi connectivity index (χ0v) is 16.4. The van der Waals surface area contributed by atoms with Gasteiger partial charge in [0.05, 0.1) is 23.1 Å². The Balaban J connectivity index is 2.18. The summed E-state index contributed by atoms with van der Waals surface area (Å²) in [5.41, 5.74) is -1.65. The van der Waals surface area contributed by atoms with Gasteiger partial charge in [-0.05, 0) is 17.4 Å². The molecular weight excluding hydrogens is 416 g/mol. The van der Waals surface area contributed by atoms with Gasteiger partial charge in [-0.15, -0.1) is 0 Å². The summed E-state index contributed by atoms with van der Waals surface area (Å²) in [6.07, 6.45) is 1.52. The Morgan fingerprint density at radius 1 is 1.12 bits per heavy atom. The van der Waals surface area contributed by atoms with E-state index in [4.69, 9.17) is 39.5 Å². The van der Waals surface area contributed by atoms with Crippen LogP contribution in [0.4, 0.5) is 13.2 Å². The molecule has 1 saturated carbocycles. The van der Waals surface area contributed by atoms with Crippen LogP contribution < -0.4 is 0 Å². The number of hydrogen-bond donors (Lipinski definition) is 0. The van der Waals surface area contributed by atoms with Crippen molar-refractivity contribution in [2.24, 2.45) is 17.3 Å². The summed E-state index contributed by atoms with van der Waals surface area (Å²) in [6.45, 7) is 2.42. The molecule has 0 N–H and O–H groups in total. The summed E-state index contributed by atoms with van der Waals surface area (Å²) in [6, 6.07) is 0. The number of ether oxygens (including phenoxy) is 2. The van der Waals surface area contributed by atoms with Gasteiger partial charge in [0.25, 0.3) is 0 Å². The molecule has 1 aliphatic rings. The molecule has 0 unspecified atom stereocenters. The van der Waals surface area contributed by atoms with Crippen LogP contribution in [0.3, 0.4) is 0 Å². The Hall–Kier alpha value is -0.950. The molecule has 1 aromatic carbocycles. The molecule has 0 aliphatic heterocycles. The SMILES string of the molecule is COCc1c(F)c(F)c(COC(=O)[C@@H]2[C@@H](C=C(Cl)Cl)C2(C)C)c(Cl)c1F. The van der Waals surface area contributed by atoms with Gasteiger partial charge in [0.2, 0.25) is 0 Å². The molecule has 0 bridgehead atoms. The number of rotatable bonds is 6. The highest BCUT2D eigenvalue weighted by Gasteiger charge is 2.61. The highest BCUT2D eigenvalue weighted by molar-refractivity contribution is 6.55. The van der Waals surface area contributed by atoms with Crippen LogP contribution in [0.25, 0.3) is 0 Å². The normalized spacial score (nSPS) is 20.7. The summed E-state index contributed by atoms with van der Waals surface area (Å²) in [5.74, 6) is -5.44. The number of benzene rings is 1. The van der Waals surface area contributed by atoms with Crippen LogP contribution in [0.15, 0.2) is 10.6 Å². The minimum atomic E-state index is -1.43. The zero-order chi connectivity index (χ0) is 19.8. The molecule has 0 amide bonds. The van der Waals surface area contributed by atoms with E-state index in [0.29, 0.717) is 0 Å². The van der Waals surface area contributed by atoms with Crippen LogP contribution in [0.1, 0.15) is 25.0 Å². The van der Waals surface area contributed by atoms with Crippen LogP contribution in [0.2, 0.25) is 5.02 Å². The predicted molar refractivity (Wildman–Crippen MR) is 92.4 cm³/mol. The maximum absolute atomic E-state index is 14.2. The van der Waals surface area contributed by atoms with E-state index in [1.54, 1.807) is 0 Å². The summed E-state index contributed by atoms with van der Waals surface area (Å²) in [5, 5.41) is -0.654. The lowest BCUT2D eigenvalue weighted by atomic mass is 10.1. The van der Waals surface area contributed by atoms with E-state index in [9.17, 15) is 18.0 Å². The number of allylic oxidation sites excluding steroid dienone is 1. The van der Waals surface area contributed by atoms with Crippen molar-refractivity contribution in [2.75, 3.05) is 7.11 Å². The molecule has 0 spiro atoms. The number of methoxy groups -OCH3 is 1. The monoisotopic (exact) mass is 430 g/mol. The number of carbonyl (C=O) groups excluding carboxylic acids is 1. The first-order chi connectivity index (χ1) is 12.0. The van der Waals surface area contributed by atoms with E-state index in [1.165, 1.54) is 13.2 Å². The van der Waals surface area contributed by atoms with Crippen molar-refractivity contribution in [2.45, 2.75) is 27.1 Å². The van der Waals surface area contributed by atoms with Crippen molar-refractivity contribution in [3.05, 3.63) is 44.2 Å². The molecule has 144 valence electrons. The third-order valence-corrected chi connectivity index (χ3v) is 5.21. The van der Waals surface area contributed by atoms with Crippen molar-refractivity contribution in [3.63, 3.8) is 0 Å². The molecule has 1 aliphatic carbocycles. The Morgan fingerprint density at radius 2 is 1.69 bits per heavy atom. The van der Waals surface area contributed by atoms with E-state index in [1.807, 2.05) is 13.8 Å². The van der Waals surface area contributed by atoms with Gasteiger partial charge in [-0.2, -0.15) is 0 Å². The molecule has 0 radical (unpaired) electrons. The van der Waals surface area contributed by atoms with Crippen molar-refractivity contribution in [1.82, 2.24) is 0 Å². The van der Waals surface area contributed by atoms with E-state index >= 15 is 0 Å². The summed E-state index contributed by atoms with van der Waals surface area (Å²) < 4.78 is 51.9. The molecule has 9 heteroatoms. The molecular formula is C17H16Cl3F3O3. The Kier molecular flexibility index (Phi) is 6.54.